The molecule has 0 radical (unpaired) electrons. The monoisotopic (exact) mass is 389 g/mol. The summed E-state index contributed by atoms with van der Waals surface area (Å²) in [6.45, 7) is 0. The summed E-state index contributed by atoms with van der Waals surface area (Å²) in [7, 11) is 0. The van der Waals surface area contributed by atoms with Crippen molar-refractivity contribution >= 4 is 43.6 Å². The topological polar surface area (TPSA) is 75.1 Å². The van der Waals surface area contributed by atoms with Gasteiger partial charge in [-0.25, -0.2) is 14.4 Å². The van der Waals surface area contributed by atoms with Crippen LogP contribution in [0, 0.1) is 5.82 Å². The Balaban J connectivity index is 2.25. The third kappa shape index (κ3) is 3.27. The number of aromatic hydroxyl groups is 1. The Hall–Kier alpha value is -1.54. The number of nitrogens with zero attached hydrogens (tertiary/aromatic N) is 2. The molecule has 98 valence electrons. The van der Waals surface area contributed by atoms with E-state index in [1.807, 2.05) is 0 Å². The maximum absolute atomic E-state index is 13.5. The average molecular weight is 391 g/mol. The molecule has 0 saturated heterocycles. The number of halogens is 3. The summed E-state index contributed by atoms with van der Waals surface area (Å²) in [5.74, 6) is -1.59. The fourth-order valence-electron chi connectivity index (χ4n) is 1.29. The van der Waals surface area contributed by atoms with Crippen molar-refractivity contribution in [3.05, 3.63) is 45.0 Å². The molecule has 8 heteroatoms. The maximum Gasteiger partial charge on any atom is 0.259 e. The van der Waals surface area contributed by atoms with E-state index < -0.39 is 11.7 Å². The highest BCUT2D eigenvalue weighted by atomic mass is 79.9. The van der Waals surface area contributed by atoms with Crippen molar-refractivity contribution in [1.29, 1.82) is 0 Å². The number of benzene rings is 1. The number of hydrogen-bond acceptors (Lipinski definition) is 4. The molecule has 0 aliphatic rings. The van der Waals surface area contributed by atoms with Gasteiger partial charge < -0.3 is 10.4 Å². The number of phenolic OH excluding ortho intramolecular Hbond substituents is 1. The summed E-state index contributed by atoms with van der Waals surface area (Å²) in [5, 5.41) is 11.5. The van der Waals surface area contributed by atoms with E-state index in [9.17, 15) is 9.18 Å². The molecule has 0 atom stereocenters. The molecule has 0 fully saturated rings. The number of carbonyl (C=O) groups is 1. The van der Waals surface area contributed by atoms with Crippen LogP contribution in [0.3, 0.4) is 0 Å². The number of nitrogens with one attached hydrogen (secondary N) is 1. The van der Waals surface area contributed by atoms with E-state index in [-0.39, 0.29) is 17.1 Å². The van der Waals surface area contributed by atoms with Crippen LogP contribution < -0.4 is 5.32 Å². The zero-order valence-corrected chi connectivity index (χ0v) is 12.4. The molecule has 5 nitrogen and oxygen atoms in total. The SMILES string of the molecule is O=C(Nc1ncc(Br)nc1Br)c1ccc(O)cc1F. The van der Waals surface area contributed by atoms with E-state index in [0.29, 0.717) is 9.21 Å². The summed E-state index contributed by atoms with van der Waals surface area (Å²) in [5.41, 5.74) is -0.200. The Morgan fingerprint density at radius 3 is 2.74 bits per heavy atom. The molecule has 0 saturated carbocycles. The van der Waals surface area contributed by atoms with Gasteiger partial charge >= 0.3 is 0 Å². The van der Waals surface area contributed by atoms with Gasteiger partial charge in [0, 0.05) is 6.07 Å². The van der Waals surface area contributed by atoms with Gasteiger partial charge in [-0.15, -0.1) is 0 Å². The minimum Gasteiger partial charge on any atom is -0.508 e. The second kappa shape index (κ2) is 5.62. The number of phenols is 1. The summed E-state index contributed by atoms with van der Waals surface area (Å²) >= 11 is 6.25. The van der Waals surface area contributed by atoms with Gasteiger partial charge in [0.2, 0.25) is 0 Å². The van der Waals surface area contributed by atoms with Gasteiger partial charge in [-0.2, -0.15) is 0 Å². The molecule has 1 amide bonds. The van der Waals surface area contributed by atoms with E-state index in [1.165, 1.54) is 18.3 Å². The lowest BCUT2D eigenvalue weighted by Crippen LogP contribution is -2.15. The van der Waals surface area contributed by atoms with Crippen LogP contribution in [0.25, 0.3) is 0 Å². The number of hydrogen-bond donors (Lipinski definition) is 2. The number of anilines is 1. The van der Waals surface area contributed by atoms with E-state index in [0.717, 1.165) is 6.07 Å². The number of amides is 1. The summed E-state index contributed by atoms with van der Waals surface area (Å²) in [6, 6.07) is 3.26. The maximum atomic E-state index is 13.5. The van der Waals surface area contributed by atoms with Crippen LogP contribution in [0.15, 0.2) is 33.6 Å². The standard InChI is InChI=1S/C11H6Br2FN3O2/c12-8-4-15-10(9(13)16-8)17-11(19)6-2-1-5(18)3-7(6)14/h1-4,18H,(H,15,17,19). The minimum absolute atomic E-state index is 0.167. The second-order valence-corrected chi connectivity index (χ2v) is 5.01. The molecule has 0 bridgehead atoms. The highest BCUT2D eigenvalue weighted by molar-refractivity contribution is 9.11. The van der Waals surface area contributed by atoms with Crippen molar-refractivity contribution < 1.29 is 14.3 Å². The van der Waals surface area contributed by atoms with Crippen LogP contribution in [0.2, 0.25) is 0 Å². The Labute approximate surface area is 124 Å². The Bertz CT molecular complexity index is 652. The van der Waals surface area contributed by atoms with Gasteiger partial charge in [-0.05, 0) is 44.0 Å². The zero-order chi connectivity index (χ0) is 14.0. The van der Waals surface area contributed by atoms with Crippen LogP contribution in [0.1, 0.15) is 10.4 Å². The average Bonchev–Trinajstić information content (AvgIpc) is 2.32. The van der Waals surface area contributed by atoms with Gasteiger partial charge in [0.1, 0.15) is 20.8 Å². The van der Waals surface area contributed by atoms with Crippen LogP contribution in [0.5, 0.6) is 5.75 Å². The first-order valence-electron chi connectivity index (χ1n) is 4.95. The molecule has 1 heterocycles. The molecular formula is C11H6Br2FN3O2. The highest BCUT2D eigenvalue weighted by Gasteiger charge is 2.15. The van der Waals surface area contributed by atoms with Crippen molar-refractivity contribution in [2.75, 3.05) is 5.32 Å². The molecule has 0 spiro atoms. The predicted molar refractivity (Wildman–Crippen MR) is 73.5 cm³/mol. The summed E-state index contributed by atoms with van der Waals surface area (Å²) in [6.07, 6.45) is 1.40. The molecular weight excluding hydrogens is 385 g/mol. The Morgan fingerprint density at radius 1 is 1.37 bits per heavy atom. The molecule has 0 unspecified atom stereocenters. The largest absolute Gasteiger partial charge is 0.508 e. The van der Waals surface area contributed by atoms with Gasteiger partial charge in [0.25, 0.3) is 5.91 Å². The smallest absolute Gasteiger partial charge is 0.259 e. The van der Waals surface area contributed by atoms with Crippen molar-refractivity contribution in [3.8, 4) is 5.75 Å². The molecule has 0 aliphatic heterocycles. The molecule has 2 aromatic rings. The highest BCUT2D eigenvalue weighted by Crippen LogP contribution is 2.21. The normalized spacial score (nSPS) is 10.3. The molecule has 2 rings (SSSR count). The lowest BCUT2D eigenvalue weighted by atomic mass is 10.2. The molecule has 2 N–H and O–H groups in total. The van der Waals surface area contributed by atoms with E-state index in [4.69, 9.17) is 5.11 Å². The van der Waals surface area contributed by atoms with Crippen molar-refractivity contribution in [1.82, 2.24) is 9.97 Å². The van der Waals surface area contributed by atoms with Gasteiger partial charge in [-0.1, -0.05) is 0 Å². The Kier molecular flexibility index (Phi) is 4.11. The molecule has 19 heavy (non-hydrogen) atoms. The summed E-state index contributed by atoms with van der Waals surface area (Å²) < 4.78 is 14.3. The number of rotatable bonds is 2. The fourth-order valence-corrected chi connectivity index (χ4v) is 2.20. The quantitative estimate of drug-likeness (QED) is 0.826. The van der Waals surface area contributed by atoms with Crippen LogP contribution >= 0.6 is 31.9 Å². The molecule has 1 aromatic carbocycles. The second-order valence-electron chi connectivity index (χ2n) is 3.45. The molecule has 1 aromatic heterocycles. The number of carbonyl (C=O) groups excluding carboxylic acids is 1. The van der Waals surface area contributed by atoms with E-state index in [2.05, 4.69) is 47.1 Å². The van der Waals surface area contributed by atoms with Crippen molar-refractivity contribution in [2.24, 2.45) is 0 Å². The van der Waals surface area contributed by atoms with Crippen LogP contribution in [-0.2, 0) is 0 Å². The minimum atomic E-state index is -0.821. The van der Waals surface area contributed by atoms with E-state index >= 15 is 0 Å². The Morgan fingerprint density at radius 2 is 2.11 bits per heavy atom. The zero-order valence-electron chi connectivity index (χ0n) is 9.19. The first-order chi connectivity index (χ1) is 8.97. The van der Waals surface area contributed by atoms with Crippen LogP contribution in [-0.4, -0.2) is 21.0 Å². The van der Waals surface area contributed by atoms with Gasteiger partial charge in [0.05, 0.1) is 11.8 Å². The van der Waals surface area contributed by atoms with Crippen LogP contribution in [0.4, 0.5) is 10.2 Å². The van der Waals surface area contributed by atoms with Crippen molar-refractivity contribution in [2.45, 2.75) is 0 Å². The first-order valence-corrected chi connectivity index (χ1v) is 6.54. The third-order valence-corrected chi connectivity index (χ3v) is 3.06. The lowest BCUT2D eigenvalue weighted by molar-refractivity contribution is 0.102. The van der Waals surface area contributed by atoms with E-state index in [1.54, 1.807) is 0 Å². The van der Waals surface area contributed by atoms with Crippen molar-refractivity contribution in [3.63, 3.8) is 0 Å². The fraction of sp³-hybridized carbons (Fsp3) is 0. The predicted octanol–water partition coefficient (Wildman–Crippen LogP) is 3.10. The third-order valence-electron chi connectivity index (χ3n) is 2.13. The summed E-state index contributed by atoms with van der Waals surface area (Å²) in [4.78, 5) is 19.8. The van der Waals surface area contributed by atoms with Gasteiger partial charge in [-0.3, -0.25) is 4.79 Å². The lowest BCUT2D eigenvalue weighted by Gasteiger charge is -2.07. The molecule has 0 aliphatic carbocycles. The first kappa shape index (κ1) is 13.9. The van der Waals surface area contributed by atoms with Gasteiger partial charge in [0.15, 0.2) is 5.82 Å². The number of aromatic nitrogens is 2.